The molecule has 1 N–H and O–H groups in total. The van der Waals surface area contributed by atoms with Gasteiger partial charge in [-0.3, -0.25) is 4.79 Å². The number of aryl methyl sites for hydroxylation is 1. The summed E-state index contributed by atoms with van der Waals surface area (Å²) in [4.78, 5) is 11.9. The number of methoxy groups -OCH3 is 1. The predicted molar refractivity (Wildman–Crippen MR) is 90.5 cm³/mol. The molecule has 0 bridgehead atoms. The summed E-state index contributed by atoms with van der Waals surface area (Å²) in [7, 11) is 1.53. The van der Waals surface area contributed by atoms with E-state index in [0.717, 1.165) is 24.3 Å². The highest BCUT2D eigenvalue weighted by atomic mass is 16.5. The van der Waals surface area contributed by atoms with E-state index in [2.05, 4.69) is 13.8 Å². The molecule has 0 aromatic heterocycles. The third-order valence-corrected chi connectivity index (χ3v) is 3.92. The second-order valence-electron chi connectivity index (χ2n) is 6.39. The Hall–Kier alpha value is -1.51. The lowest BCUT2D eigenvalue weighted by Gasteiger charge is -2.07. The molecular formula is C19H30O3. The first-order valence-corrected chi connectivity index (χ1v) is 8.40. The van der Waals surface area contributed by atoms with E-state index < -0.39 is 0 Å². The molecule has 0 spiro atoms. The first-order valence-electron chi connectivity index (χ1n) is 8.40. The van der Waals surface area contributed by atoms with E-state index in [-0.39, 0.29) is 5.75 Å². The molecule has 0 amide bonds. The summed E-state index contributed by atoms with van der Waals surface area (Å²) < 4.78 is 5.08. The Kier molecular flexibility index (Phi) is 8.64. The van der Waals surface area contributed by atoms with E-state index >= 15 is 0 Å². The molecule has 0 heterocycles. The van der Waals surface area contributed by atoms with Crippen LogP contribution in [0.25, 0.3) is 0 Å². The van der Waals surface area contributed by atoms with Crippen LogP contribution in [0.3, 0.4) is 0 Å². The average molecular weight is 306 g/mol. The number of aromatic hydroxyl groups is 1. The van der Waals surface area contributed by atoms with Crippen LogP contribution in [0.2, 0.25) is 0 Å². The van der Waals surface area contributed by atoms with Gasteiger partial charge in [-0.05, 0) is 36.5 Å². The van der Waals surface area contributed by atoms with E-state index in [1.807, 2.05) is 6.07 Å². The van der Waals surface area contributed by atoms with Gasteiger partial charge in [-0.2, -0.15) is 0 Å². The standard InChI is InChI=1S/C19H30O3/c1-15(2)8-6-4-5-7-9-17(20)12-10-16-11-13-18(21)19(14-16)22-3/h11,13-15,21H,4-10,12H2,1-3H3. The number of phenolic OH excluding ortho intramolecular Hbond substituents is 1. The van der Waals surface area contributed by atoms with Gasteiger partial charge in [-0.25, -0.2) is 0 Å². The number of ether oxygens (including phenoxy) is 1. The molecule has 0 saturated heterocycles. The molecule has 22 heavy (non-hydrogen) atoms. The summed E-state index contributed by atoms with van der Waals surface area (Å²) in [6.07, 6.45) is 7.94. The summed E-state index contributed by atoms with van der Waals surface area (Å²) in [5.41, 5.74) is 1.03. The van der Waals surface area contributed by atoms with Crippen molar-refractivity contribution in [3.05, 3.63) is 23.8 Å². The van der Waals surface area contributed by atoms with Crippen molar-refractivity contribution < 1.29 is 14.6 Å². The maximum Gasteiger partial charge on any atom is 0.160 e. The van der Waals surface area contributed by atoms with E-state index in [1.54, 1.807) is 12.1 Å². The van der Waals surface area contributed by atoms with Gasteiger partial charge in [-0.15, -0.1) is 0 Å². The minimum Gasteiger partial charge on any atom is -0.504 e. The normalized spacial score (nSPS) is 10.9. The second kappa shape index (κ2) is 10.3. The van der Waals surface area contributed by atoms with Crippen molar-refractivity contribution >= 4 is 5.78 Å². The van der Waals surface area contributed by atoms with E-state index in [4.69, 9.17) is 4.74 Å². The van der Waals surface area contributed by atoms with Crippen LogP contribution in [0.1, 0.15) is 64.4 Å². The van der Waals surface area contributed by atoms with E-state index in [1.165, 1.54) is 26.4 Å². The van der Waals surface area contributed by atoms with Crippen LogP contribution in [0.4, 0.5) is 0 Å². The van der Waals surface area contributed by atoms with Crippen LogP contribution in [-0.4, -0.2) is 18.0 Å². The molecule has 124 valence electrons. The predicted octanol–water partition coefficient (Wildman–Crippen LogP) is 4.90. The van der Waals surface area contributed by atoms with Crippen LogP contribution >= 0.6 is 0 Å². The summed E-state index contributed by atoms with van der Waals surface area (Å²) in [5.74, 6) is 1.72. The number of benzene rings is 1. The number of hydrogen-bond acceptors (Lipinski definition) is 3. The van der Waals surface area contributed by atoms with Gasteiger partial charge < -0.3 is 9.84 Å². The molecule has 1 rings (SSSR count). The number of carbonyl (C=O) groups excluding carboxylic acids is 1. The smallest absolute Gasteiger partial charge is 0.160 e. The van der Waals surface area contributed by atoms with Crippen LogP contribution < -0.4 is 4.74 Å². The Bertz CT molecular complexity index is 452. The molecule has 0 aliphatic rings. The van der Waals surface area contributed by atoms with Gasteiger partial charge in [0.25, 0.3) is 0 Å². The second-order valence-corrected chi connectivity index (χ2v) is 6.39. The fraction of sp³-hybridized carbons (Fsp3) is 0.632. The first kappa shape index (κ1) is 18.5. The molecule has 0 saturated carbocycles. The van der Waals surface area contributed by atoms with Gasteiger partial charge in [0.15, 0.2) is 11.5 Å². The summed E-state index contributed by atoms with van der Waals surface area (Å²) in [6, 6.07) is 5.26. The Morgan fingerprint density at radius 2 is 1.86 bits per heavy atom. The van der Waals surface area contributed by atoms with Crippen molar-refractivity contribution in [3.63, 3.8) is 0 Å². The fourth-order valence-corrected chi connectivity index (χ4v) is 2.51. The molecule has 0 aliphatic carbocycles. The Labute approximate surface area is 134 Å². The molecule has 0 atom stereocenters. The molecule has 0 aliphatic heterocycles. The Morgan fingerprint density at radius 1 is 1.14 bits per heavy atom. The SMILES string of the molecule is COc1cc(CCC(=O)CCCCCCC(C)C)ccc1O. The van der Waals surface area contributed by atoms with Gasteiger partial charge in [0.1, 0.15) is 5.78 Å². The van der Waals surface area contributed by atoms with Crippen molar-refractivity contribution in [2.75, 3.05) is 7.11 Å². The maximum absolute atomic E-state index is 11.9. The number of carbonyl (C=O) groups is 1. The van der Waals surface area contributed by atoms with Crippen LogP contribution in [0.5, 0.6) is 11.5 Å². The zero-order valence-electron chi connectivity index (χ0n) is 14.2. The lowest BCUT2D eigenvalue weighted by atomic mass is 10.0. The molecule has 1 aromatic carbocycles. The highest BCUT2D eigenvalue weighted by molar-refractivity contribution is 5.78. The minimum atomic E-state index is 0.138. The van der Waals surface area contributed by atoms with Gasteiger partial charge in [0.05, 0.1) is 7.11 Å². The number of Topliss-reactive ketones (excluding diaryl/α,β-unsaturated/α-hetero) is 1. The van der Waals surface area contributed by atoms with Crippen LogP contribution in [0, 0.1) is 5.92 Å². The Morgan fingerprint density at radius 3 is 2.55 bits per heavy atom. The van der Waals surface area contributed by atoms with Gasteiger partial charge in [0, 0.05) is 12.8 Å². The van der Waals surface area contributed by atoms with Gasteiger partial charge in [0.2, 0.25) is 0 Å². The molecule has 3 heteroatoms. The number of rotatable bonds is 11. The summed E-state index contributed by atoms with van der Waals surface area (Å²) in [6.45, 7) is 4.50. The van der Waals surface area contributed by atoms with Gasteiger partial charge >= 0.3 is 0 Å². The molecule has 1 aromatic rings. The average Bonchev–Trinajstić information content (AvgIpc) is 2.49. The minimum absolute atomic E-state index is 0.138. The van der Waals surface area contributed by atoms with E-state index in [0.29, 0.717) is 30.8 Å². The lowest BCUT2D eigenvalue weighted by molar-refractivity contribution is -0.119. The molecule has 0 radical (unpaired) electrons. The van der Waals surface area contributed by atoms with Gasteiger partial charge in [-0.1, -0.05) is 45.6 Å². The zero-order chi connectivity index (χ0) is 16.4. The van der Waals surface area contributed by atoms with Crippen molar-refractivity contribution in [1.29, 1.82) is 0 Å². The third kappa shape index (κ3) is 7.48. The highest BCUT2D eigenvalue weighted by Crippen LogP contribution is 2.26. The van der Waals surface area contributed by atoms with Crippen molar-refractivity contribution in [1.82, 2.24) is 0 Å². The molecule has 0 fully saturated rings. The van der Waals surface area contributed by atoms with Crippen molar-refractivity contribution in [2.24, 2.45) is 5.92 Å². The molecule has 3 nitrogen and oxygen atoms in total. The maximum atomic E-state index is 11.9. The number of ketones is 1. The monoisotopic (exact) mass is 306 g/mol. The lowest BCUT2D eigenvalue weighted by Crippen LogP contribution is -2.00. The highest BCUT2D eigenvalue weighted by Gasteiger charge is 2.06. The summed E-state index contributed by atoms with van der Waals surface area (Å²) >= 11 is 0. The van der Waals surface area contributed by atoms with E-state index in [9.17, 15) is 9.90 Å². The number of phenols is 1. The summed E-state index contributed by atoms with van der Waals surface area (Å²) in [5, 5.41) is 9.54. The largest absolute Gasteiger partial charge is 0.504 e. The Balaban J connectivity index is 2.18. The fourth-order valence-electron chi connectivity index (χ4n) is 2.51. The quantitative estimate of drug-likeness (QED) is 0.591. The van der Waals surface area contributed by atoms with Crippen molar-refractivity contribution in [3.8, 4) is 11.5 Å². The number of hydrogen-bond donors (Lipinski definition) is 1. The first-order chi connectivity index (χ1) is 10.5. The van der Waals surface area contributed by atoms with Crippen LogP contribution in [0.15, 0.2) is 18.2 Å². The number of unbranched alkanes of at least 4 members (excludes halogenated alkanes) is 3. The van der Waals surface area contributed by atoms with Crippen LogP contribution in [-0.2, 0) is 11.2 Å². The molecular weight excluding hydrogens is 276 g/mol. The topological polar surface area (TPSA) is 46.5 Å². The van der Waals surface area contributed by atoms with Crippen molar-refractivity contribution in [2.45, 2.75) is 65.2 Å². The zero-order valence-corrected chi connectivity index (χ0v) is 14.2. The third-order valence-electron chi connectivity index (χ3n) is 3.92. The molecule has 0 unspecified atom stereocenters.